The number of rotatable bonds is 8. The smallest absolute Gasteiger partial charge is 0.362 e. The van der Waals surface area contributed by atoms with Gasteiger partial charge in [-0.25, -0.2) is 9.59 Å². The van der Waals surface area contributed by atoms with E-state index in [0.29, 0.717) is 0 Å². The van der Waals surface area contributed by atoms with Crippen LogP contribution in [0.4, 0.5) is 0 Å². The number of H-pyrrole nitrogens is 1. The molecule has 1 amide bonds. The molecule has 0 saturated carbocycles. The molecular formula is C16H20N3O5+. The zero-order valence-corrected chi connectivity index (χ0v) is 13.0. The Hall–Kier alpha value is -2.87. The third-order valence-electron chi connectivity index (χ3n) is 3.80. The lowest BCUT2D eigenvalue weighted by molar-refractivity contribution is -0.408. The Labute approximate surface area is 137 Å². The lowest BCUT2D eigenvalue weighted by Crippen LogP contribution is -2.65. The third kappa shape index (κ3) is 4.32. The topological polar surface area (TPSA) is 147 Å². The number of hydrogen-bond acceptors (Lipinski definition) is 3. The molecule has 0 bridgehead atoms. The fourth-order valence-electron chi connectivity index (χ4n) is 2.42. The van der Waals surface area contributed by atoms with Gasteiger partial charge in [-0.15, -0.1) is 0 Å². The van der Waals surface area contributed by atoms with E-state index in [2.05, 4.69) is 16.0 Å². The molecule has 8 heteroatoms. The highest BCUT2D eigenvalue weighted by molar-refractivity contribution is 5.86. The van der Waals surface area contributed by atoms with E-state index in [0.717, 1.165) is 16.5 Å². The van der Waals surface area contributed by atoms with Gasteiger partial charge in [0.25, 0.3) is 0 Å². The predicted molar refractivity (Wildman–Crippen MR) is 85.1 cm³/mol. The van der Waals surface area contributed by atoms with E-state index in [1.54, 1.807) is 6.20 Å². The molecule has 0 aliphatic carbocycles. The van der Waals surface area contributed by atoms with E-state index in [1.165, 1.54) is 0 Å². The first kappa shape index (κ1) is 17.5. The van der Waals surface area contributed by atoms with E-state index in [4.69, 9.17) is 5.11 Å². The summed E-state index contributed by atoms with van der Waals surface area (Å²) in [5.74, 6) is -2.73. The molecule has 0 radical (unpaired) electrons. The molecule has 0 fully saturated rings. The number of aromatic nitrogens is 1. The van der Waals surface area contributed by atoms with Crippen LogP contribution in [0.2, 0.25) is 0 Å². The first-order chi connectivity index (χ1) is 11.4. The average Bonchev–Trinajstić information content (AvgIpc) is 2.95. The minimum absolute atomic E-state index is 0.0561. The summed E-state index contributed by atoms with van der Waals surface area (Å²) >= 11 is 0. The minimum atomic E-state index is -1.14. The maximum Gasteiger partial charge on any atom is 0.362 e. The van der Waals surface area contributed by atoms with Crippen LogP contribution in [0.15, 0.2) is 30.5 Å². The monoisotopic (exact) mass is 334 g/mol. The van der Waals surface area contributed by atoms with Crippen LogP contribution in [-0.4, -0.2) is 45.1 Å². The first-order valence-electron chi connectivity index (χ1n) is 7.51. The van der Waals surface area contributed by atoms with Gasteiger partial charge in [-0.1, -0.05) is 18.2 Å². The molecule has 1 heterocycles. The largest absolute Gasteiger partial charge is 0.480 e. The molecule has 24 heavy (non-hydrogen) atoms. The summed E-state index contributed by atoms with van der Waals surface area (Å²) in [5, 5.41) is 21.4. The number of aliphatic carboxylic acids is 2. The van der Waals surface area contributed by atoms with Crippen LogP contribution in [0, 0.1) is 0 Å². The van der Waals surface area contributed by atoms with Gasteiger partial charge in [0.05, 0.1) is 0 Å². The number of hydrogen-bond donors (Lipinski definition) is 5. The average molecular weight is 334 g/mol. The quantitative estimate of drug-likeness (QED) is 0.452. The Bertz CT molecular complexity index is 755. The third-order valence-corrected chi connectivity index (χ3v) is 3.80. The highest BCUT2D eigenvalue weighted by atomic mass is 16.4. The van der Waals surface area contributed by atoms with E-state index in [1.807, 2.05) is 24.3 Å². The summed E-state index contributed by atoms with van der Waals surface area (Å²) < 4.78 is 0. The van der Waals surface area contributed by atoms with Gasteiger partial charge in [-0.3, -0.25) is 4.79 Å². The van der Waals surface area contributed by atoms with Crippen LogP contribution < -0.4 is 11.1 Å². The molecule has 2 aromatic rings. The van der Waals surface area contributed by atoms with Gasteiger partial charge < -0.3 is 26.2 Å². The fraction of sp³-hybridized carbons (Fsp3) is 0.312. The van der Waals surface area contributed by atoms with E-state index in [9.17, 15) is 19.5 Å². The van der Waals surface area contributed by atoms with Crippen LogP contribution >= 0.6 is 0 Å². The molecule has 0 aliphatic rings. The number of carboxylic acids is 2. The number of carbonyl (C=O) groups excluding carboxylic acids is 1. The number of carbonyl (C=O) groups is 3. The van der Waals surface area contributed by atoms with Crippen molar-refractivity contribution in [1.82, 2.24) is 10.3 Å². The van der Waals surface area contributed by atoms with Crippen molar-refractivity contribution in [1.29, 1.82) is 0 Å². The number of nitrogens with one attached hydrogen (secondary N) is 2. The Morgan fingerprint density at radius 2 is 1.88 bits per heavy atom. The van der Waals surface area contributed by atoms with Gasteiger partial charge in [0, 0.05) is 36.4 Å². The molecule has 0 aliphatic heterocycles. The van der Waals surface area contributed by atoms with Crippen LogP contribution in [0.1, 0.15) is 18.4 Å². The fourth-order valence-corrected chi connectivity index (χ4v) is 2.42. The van der Waals surface area contributed by atoms with Gasteiger partial charge >= 0.3 is 11.9 Å². The van der Waals surface area contributed by atoms with Crippen LogP contribution in [0.3, 0.4) is 0 Å². The van der Waals surface area contributed by atoms with Gasteiger partial charge in [-0.2, -0.15) is 0 Å². The number of aromatic amines is 1. The Kier molecular flexibility index (Phi) is 5.54. The molecule has 0 saturated heterocycles. The van der Waals surface area contributed by atoms with Gasteiger partial charge in [0.2, 0.25) is 5.91 Å². The summed E-state index contributed by atoms with van der Waals surface area (Å²) in [7, 11) is 0. The van der Waals surface area contributed by atoms with Gasteiger partial charge in [0.1, 0.15) is 6.04 Å². The van der Waals surface area contributed by atoms with Crippen molar-refractivity contribution in [3.05, 3.63) is 36.0 Å². The molecule has 1 aromatic heterocycles. The highest BCUT2D eigenvalue weighted by Gasteiger charge is 2.23. The summed E-state index contributed by atoms with van der Waals surface area (Å²) in [6, 6.07) is 5.51. The number of benzene rings is 1. The van der Waals surface area contributed by atoms with Gasteiger partial charge in [0.15, 0.2) is 6.04 Å². The Morgan fingerprint density at radius 3 is 2.54 bits per heavy atom. The summed E-state index contributed by atoms with van der Waals surface area (Å²) in [4.78, 5) is 37.0. The van der Waals surface area contributed by atoms with Crippen LogP contribution in [0.5, 0.6) is 0 Å². The maximum absolute atomic E-state index is 11.9. The normalized spacial score (nSPS) is 13.4. The molecule has 1 aromatic carbocycles. The Morgan fingerprint density at radius 1 is 1.17 bits per heavy atom. The van der Waals surface area contributed by atoms with Crippen molar-refractivity contribution in [2.75, 3.05) is 0 Å². The zero-order valence-electron chi connectivity index (χ0n) is 13.0. The minimum Gasteiger partial charge on any atom is -0.480 e. The van der Waals surface area contributed by atoms with Crippen molar-refractivity contribution in [3.63, 3.8) is 0 Å². The summed E-state index contributed by atoms with van der Waals surface area (Å²) in [5.41, 5.74) is 5.10. The molecule has 2 rings (SSSR count). The maximum atomic E-state index is 11.9. The molecule has 8 nitrogen and oxygen atoms in total. The van der Waals surface area contributed by atoms with Crippen molar-refractivity contribution in [2.45, 2.75) is 31.3 Å². The van der Waals surface area contributed by atoms with Crippen LogP contribution in [0.25, 0.3) is 10.9 Å². The molecule has 128 valence electrons. The van der Waals surface area contributed by atoms with E-state index >= 15 is 0 Å². The second-order valence-corrected chi connectivity index (χ2v) is 5.60. The highest BCUT2D eigenvalue weighted by Crippen LogP contribution is 2.19. The molecule has 2 atom stereocenters. The summed E-state index contributed by atoms with van der Waals surface area (Å²) in [6.45, 7) is 0. The predicted octanol–water partition coefficient (Wildman–Crippen LogP) is -0.245. The summed E-state index contributed by atoms with van der Waals surface area (Å²) in [6.07, 6.45) is 1.83. The first-order valence-corrected chi connectivity index (χ1v) is 7.51. The number of para-hydroxylation sites is 1. The second kappa shape index (κ2) is 7.60. The van der Waals surface area contributed by atoms with Crippen molar-refractivity contribution >= 4 is 28.7 Å². The number of carboxylic acid groups (broad SMARTS) is 2. The van der Waals surface area contributed by atoms with Crippen LogP contribution in [-0.2, 0) is 20.8 Å². The number of quaternary nitrogens is 1. The molecule has 7 N–H and O–H groups in total. The lowest BCUT2D eigenvalue weighted by Gasteiger charge is -2.14. The molecule has 0 unspecified atom stereocenters. The van der Waals surface area contributed by atoms with Crippen molar-refractivity contribution in [2.24, 2.45) is 0 Å². The van der Waals surface area contributed by atoms with E-state index in [-0.39, 0.29) is 19.3 Å². The van der Waals surface area contributed by atoms with E-state index < -0.39 is 29.9 Å². The van der Waals surface area contributed by atoms with Gasteiger partial charge in [-0.05, 0) is 11.6 Å². The standard InChI is InChI=1S/C16H19N3O5/c17-11(15(21)22)5-6-14(20)19-13(16(23)24)7-9-8-18-12-4-2-1-3-10(9)12/h1-4,8,11,13,18H,5-7,17H2,(H,19,20)(H,21,22)(H,23,24)/p+1/t11-,13+/m1/s1. The Balaban J connectivity index is 2.01. The zero-order chi connectivity index (χ0) is 17.7. The second-order valence-electron chi connectivity index (χ2n) is 5.60. The lowest BCUT2D eigenvalue weighted by atomic mass is 10.0. The SMILES string of the molecule is [NH3+][C@H](CCC(=O)N[C@@H](Cc1c[nH]c2ccccc12)C(=O)O)C(=O)O. The number of amides is 1. The van der Waals surface area contributed by atoms with Crippen molar-refractivity contribution in [3.8, 4) is 0 Å². The number of fused-ring (bicyclic) bond motifs is 1. The molecular weight excluding hydrogens is 314 g/mol. The van der Waals surface area contributed by atoms with Crippen molar-refractivity contribution < 1.29 is 30.3 Å². The molecule has 0 spiro atoms.